The predicted octanol–water partition coefficient (Wildman–Crippen LogP) is 5.44. The van der Waals surface area contributed by atoms with E-state index in [0.29, 0.717) is 36.7 Å². The summed E-state index contributed by atoms with van der Waals surface area (Å²) in [5.41, 5.74) is 2.82. The number of benzene rings is 2. The van der Waals surface area contributed by atoms with Crippen LogP contribution in [0.1, 0.15) is 48.7 Å². The van der Waals surface area contributed by atoms with Crippen LogP contribution in [0.5, 0.6) is 0 Å². The second-order valence-corrected chi connectivity index (χ2v) is 12.7. The number of rotatable bonds is 7. The summed E-state index contributed by atoms with van der Waals surface area (Å²) in [6.07, 6.45) is 7.60. The number of hydrogen-bond acceptors (Lipinski definition) is 9. The van der Waals surface area contributed by atoms with Gasteiger partial charge >= 0.3 is 12.1 Å². The van der Waals surface area contributed by atoms with E-state index in [2.05, 4.69) is 20.2 Å². The Bertz CT molecular complexity index is 1920. The number of carbonyl (C=O) groups excluding carboxylic acids is 1. The highest BCUT2D eigenvalue weighted by Crippen LogP contribution is 2.37. The van der Waals surface area contributed by atoms with Crippen molar-refractivity contribution in [1.82, 2.24) is 29.6 Å². The highest BCUT2D eigenvalue weighted by Gasteiger charge is 2.47. The third-order valence-corrected chi connectivity index (χ3v) is 8.29. The number of anilines is 3. The van der Waals surface area contributed by atoms with Crippen LogP contribution in [0.15, 0.2) is 79.4 Å². The van der Waals surface area contributed by atoms with E-state index < -0.39 is 11.6 Å². The number of hydrogen-bond donors (Lipinski definition) is 2. The molecular weight excluding hydrogens is 584 g/mol. The van der Waals surface area contributed by atoms with Crippen molar-refractivity contribution in [2.24, 2.45) is 0 Å². The maximum atomic E-state index is 12.8. The van der Waals surface area contributed by atoms with Gasteiger partial charge in [-0.2, -0.15) is 0 Å². The fourth-order valence-electron chi connectivity index (χ4n) is 6.37. The summed E-state index contributed by atoms with van der Waals surface area (Å²) in [5, 5.41) is 19.2. The van der Waals surface area contributed by atoms with E-state index in [1.807, 2.05) is 68.1 Å². The first-order valence-electron chi connectivity index (χ1n) is 15.2. The van der Waals surface area contributed by atoms with Gasteiger partial charge in [0.2, 0.25) is 0 Å². The van der Waals surface area contributed by atoms with E-state index in [1.165, 1.54) is 0 Å². The van der Waals surface area contributed by atoms with E-state index in [1.54, 1.807) is 41.6 Å². The number of carbonyl (C=O) groups is 2. The number of nitrogens with one attached hydrogen (secondary N) is 1. The Morgan fingerprint density at radius 1 is 1.00 bits per heavy atom. The van der Waals surface area contributed by atoms with E-state index in [-0.39, 0.29) is 23.7 Å². The van der Waals surface area contributed by atoms with Crippen LogP contribution in [0.25, 0.3) is 16.6 Å². The number of likely N-dealkylation sites (tertiary alicyclic amines) is 1. The quantitative estimate of drug-likeness (QED) is 0.242. The molecule has 12 heteroatoms. The minimum Gasteiger partial charge on any atom is -0.478 e. The molecule has 5 heterocycles. The van der Waals surface area contributed by atoms with Gasteiger partial charge in [0.1, 0.15) is 17.2 Å². The standard InChI is InChI=1S/C34H34N8O4/c1-34(2,3)46-33(45)41-20-25-16-26(41)19-40(25)29-17-24(9-10-37-29)42-27-15-23(32(43)44)14-22(13-21-7-5-4-6-8-21)30(27)31(39-42)38-28-18-35-11-12-36-28/h4-12,14-15,17-18,25-26H,13,16,19-20H2,1-3H3,(H,43,44)(H,36,38,39)/t25-,26-/m0/s1. The van der Waals surface area contributed by atoms with Gasteiger partial charge < -0.3 is 25.0 Å². The molecule has 0 saturated carbocycles. The Labute approximate surface area is 265 Å². The molecular formula is C34H34N8O4. The molecule has 2 bridgehead atoms. The first-order chi connectivity index (χ1) is 22.1. The molecule has 0 radical (unpaired) electrons. The van der Waals surface area contributed by atoms with Crippen LogP contribution in [-0.2, 0) is 11.2 Å². The zero-order chi connectivity index (χ0) is 32.0. The molecule has 5 aromatic rings. The highest BCUT2D eigenvalue weighted by atomic mass is 16.6. The lowest BCUT2D eigenvalue weighted by atomic mass is 9.98. The maximum absolute atomic E-state index is 12.8. The van der Waals surface area contributed by atoms with Crippen LogP contribution < -0.4 is 10.2 Å². The number of ether oxygens (including phenoxy) is 1. The first kappa shape index (κ1) is 29.2. The normalized spacial score (nSPS) is 17.5. The molecule has 234 valence electrons. The molecule has 2 fully saturated rings. The molecule has 0 aliphatic carbocycles. The van der Waals surface area contributed by atoms with Crippen molar-refractivity contribution < 1.29 is 19.4 Å². The van der Waals surface area contributed by atoms with Crippen molar-refractivity contribution in [3.05, 3.63) is 96.1 Å². The monoisotopic (exact) mass is 618 g/mol. The van der Waals surface area contributed by atoms with Gasteiger partial charge in [0.15, 0.2) is 5.82 Å². The van der Waals surface area contributed by atoms with Gasteiger partial charge in [-0.05, 0) is 62.9 Å². The van der Waals surface area contributed by atoms with E-state index in [4.69, 9.17) is 14.8 Å². The Kier molecular flexibility index (Phi) is 7.26. The van der Waals surface area contributed by atoms with Gasteiger partial charge in [-0.3, -0.25) is 4.98 Å². The van der Waals surface area contributed by atoms with Crippen molar-refractivity contribution in [3.8, 4) is 5.69 Å². The Morgan fingerprint density at radius 2 is 1.83 bits per heavy atom. The molecule has 2 aliphatic rings. The molecule has 12 nitrogen and oxygen atoms in total. The summed E-state index contributed by atoms with van der Waals surface area (Å²) in [7, 11) is 0. The van der Waals surface area contributed by atoms with E-state index in [9.17, 15) is 14.7 Å². The van der Waals surface area contributed by atoms with Gasteiger partial charge in [0.05, 0.1) is 35.0 Å². The van der Waals surface area contributed by atoms with E-state index >= 15 is 0 Å². The van der Waals surface area contributed by atoms with Crippen LogP contribution >= 0.6 is 0 Å². The molecule has 1 amide bonds. The fourth-order valence-corrected chi connectivity index (χ4v) is 6.37. The lowest BCUT2D eigenvalue weighted by molar-refractivity contribution is 0.0214. The number of fused-ring (bicyclic) bond motifs is 3. The second-order valence-electron chi connectivity index (χ2n) is 12.7. The third kappa shape index (κ3) is 5.69. The molecule has 2 atom stereocenters. The summed E-state index contributed by atoms with van der Waals surface area (Å²) in [6, 6.07) is 17.2. The number of piperazine rings is 1. The molecule has 2 N–H and O–H groups in total. The summed E-state index contributed by atoms with van der Waals surface area (Å²) in [5.74, 6) is 0.787. The van der Waals surface area contributed by atoms with Crippen LogP contribution in [0.4, 0.5) is 22.2 Å². The summed E-state index contributed by atoms with van der Waals surface area (Å²) in [4.78, 5) is 42.4. The number of aromatic carboxylic acids is 1. The van der Waals surface area contributed by atoms with Crippen molar-refractivity contribution >= 4 is 40.4 Å². The number of carboxylic acids is 1. The summed E-state index contributed by atoms with van der Waals surface area (Å²) < 4.78 is 7.39. The Hall–Kier alpha value is -5.52. The van der Waals surface area contributed by atoms with Crippen LogP contribution in [0, 0.1) is 0 Å². The first-order valence-corrected chi connectivity index (χ1v) is 15.2. The van der Waals surface area contributed by atoms with Gasteiger partial charge in [-0.15, -0.1) is 5.10 Å². The molecule has 2 aliphatic heterocycles. The molecule has 0 spiro atoms. The summed E-state index contributed by atoms with van der Waals surface area (Å²) >= 11 is 0. The van der Waals surface area contributed by atoms with Crippen molar-refractivity contribution in [3.63, 3.8) is 0 Å². The number of nitrogens with zero attached hydrogens (tertiary/aromatic N) is 7. The largest absolute Gasteiger partial charge is 0.478 e. The maximum Gasteiger partial charge on any atom is 0.410 e. The zero-order valence-corrected chi connectivity index (χ0v) is 25.8. The molecule has 7 rings (SSSR count). The number of amides is 1. The number of carboxylic acid groups (broad SMARTS) is 1. The lowest BCUT2D eigenvalue weighted by Crippen LogP contribution is -2.50. The molecule has 3 aromatic heterocycles. The fraction of sp³-hybridized carbons (Fsp3) is 0.294. The van der Waals surface area contributed by atoms with Crippen molar-refractivity contribution in [2.75, 3.05) is 23.3 Å². The van der Waals surface area contributed by atoms with E-state index in [0.717, 1.165) is 34.4 Å². The zero-order valence-electron chi connectivity index (χ0n) is 25.8. The molecule has 46 heavy (non-hydrogen) atoms. The molecule has 2 saturated heterocycles. The van der Waals surface area contributed by atoms with Gasteiger partial charge in [0, 0.05) is 43.1 Å². The van der Waals surface area contributed by atoms with Crippen LogP contribution in [-0.4, -0.2) is 77.6 Å². The van der Waals surface area contributed by atoms with Crippen LogP contribution in [0.2, 0.25) is 0 Å². The van der Waals surface area contributed by atoms with Gasteiger partial charge in [-0.25, -0.2) is 24.2 Å². The minimum atomic E-state index is -1.02. The Balaban J connectivity index is 1.28. The van der Waals surface area contributed by atoms with Crippen molar-refractivity contribution in [2.45, 2.75) is 51.3 Å². The SMILES string of the molecule is CC(C)(C)OC(=O)N1C[C@@H]2C[C@H]1CN2c1cc(-n2nc(Nc3cnccn3)c3c(Cc4ccccc4)cc(C(=O)O)cc32)ccn1. The Morgan fingerprint density at radius 3 is 2.52 bits per heavy atom. The molecule has 2 aromatic carbocycles. The average Bonchev–Trinajstić information content (AvgIpc) is 3.75. The van der Waals surface area contributed by atoms with Gasteiger partial charge in [0.25, 0.3) is 0 Å². The molecule has 0 unspecified atom stereocenters. The van der Waals surface area contributed by atoms with Gasteiger partial charge in [-0.1, -0.05) is 30.3 Å². The average molecular weight is 619 g/mol. The highest BCUT2D eigenvalue weighted by molar-refractivity contribution is 6.01. The number of pyridine rings is 1. The minimum absolute atomic E-state index is 0.0392. The smallest absolute Gasteiger partial charge is 0.410 e. The lowest BCUT2D eigenvalue weighted by Gasteiger charge is -2.35. The topological polar surface area (TPSA) is 139 Å². The second kappa shape index (κ2) is 11.4. The van der Waals surface area contributed by atoms with Crippen LogP contribution in [0.3, 0.4) is 0 Å². The number of aromatic nitrogens is 5. The predicted molar refractivity (Wildman–Crippen MR) is 173 cm³/mol. The third-order valence-electron chi connectivity index (χ3n) is 8.29. The summed E-state index contributed by atoms with van der Waals surface area (Å²) in [6.45, 7) is 6.83. The van der Waals surface area contributed by atoms with Crippen molar-refractivity contribution in [1.29, 1.82) is 0 Å².